The molecule has 1 rings (SSSR count). The Balaban J connectivity index is 2.68. The molecule has 1 heteroatoms. The van der Waals surface area contributed by atoms with Gasteiger partial charge in [-0.2, -0.15) is 0 Å². The highest BCUT2D eigenvalue weighted by Crippen LogP contribution is 2.33. The Morgan fingerprint density at radius 2 is 2.17 bits per heavy atom. The minimum atomic E-state index is 0.281. The van der Waals surface area contributed by atoms with E-state index in [2.05, 4.69) is 20.8 Å². The average molecular weight is 166 g/mol. The second kappa shape index (κ2) is 3.88. The molecule has 0 aliphatic heterocycles. The summed E-state index contributed by atoms with van der Waals surface area (Å²) in [6.45, 7) is 6.47. The zero-order valence-corrected chi connectivity index (χ0v) is 8.26. The van der Waals surface area contributed by atoms with Gasteiger partial charge in [-0.1, -0.05) is 18.1 Å². The highest BCUT2D eigenvalue weighted by molar-refractivity contribution is 5.55. The molecule has 68 valence electrons. The molecule has 0 spiro atoms. The number of hydrogen-bond donors (Lipinski definition) is 0. The van der Waals surface area contributed by atoms with Gasteiger partial charge < -0.3 is 4.79 Å². The van der Waals surface area contributed by atoms with Gasteiger partial charge in [-0.15, -0.1) is 0 Å². The molecule has 1 aliphatic carbocycles. The minimum Gasteiger partial charge on any atom is -0.303 e. The Morgan fingerprint density at radius 1 is 1.50 bits per heavy atom. The molecule has 0 saturated heterocycles. The SMILES string of the molecule is CC(C)=C1CCC(C)C(C=O)C1. The van der Waals surface area contributed by atoms with Crippen LogP contribution in [0.1, 0.15) is 40.0 Å². The van der Waals surface area contributed by atoms with Crippen LogP contribution >= 0.6 is 0 Å². The maximum absolute atomic E-state index is 10.7. The Kier molecular flexibility index (Phi) is 3.07. The molecule has 0 radical (unpaired) electrons. The van der Waals surface area contributed by atoms with Gasteiger partial charge in [-0.3, -0.25) is 0 Å². The first kappa shape index (κ1) is 9.50. The zero-order chi connectivity index (χ0) is 9.14. The van der Waals surface area contributed by atoms with Crippen molar-refractivity contribution in [1.29, 1.82) is 0 Å². The third kappa shape index (κ3) is 1.96. The maximum atomic E-state index is 10.7. The van der Waals surface area contributed by atoms with Crippen LogP contribution in [0.15, 0.2) is 11.1 Å². The van der Waals surface area contributed by atoms with Crippen molar-refractivity contribution >= 4 is 6.29 Å². The smallest absolute Gasteiger partial charge is 0.123 e. The fraction of sp³-hybridized carbons (Fsp3) is 0.727. The van der Waals surface area contributed by atoms with E-state index in [1.54, 1.807) is 0 Å². The van der Waals surface area contributed by atoms with E-state index in [0.29, 0.717) is 5.92 Å². The number of hydrogen-bond acceptors (Lipinski definition) is 1. The van der Waals surface area contributed by atoms with Gasteiger partial charge in [0.05, 0.1) is 0 Å². The first-order valence-electron chi connectivity index (χ1n) is 4.75. The van der Waals surface area contributed by atoms with Crippen molar-refractivity contribution in [3.8, 4) is 0 Å². The Morgan fingerprint density at radius 3 is 2.67 bits per heavy atom. The van der Waals surface area contributed by atoms with Crippen LogP contribution < -0.4 is 0 Å². The third-order valence-electron chi connectivity index (χ3n) is 3.00. The third-order valence-corrected chi connectivity index (χ3v) is 3.00. The van der Waals surface area contributed by atoms with Gasteiger partial charge >= 0.3 is 0 Å². The van der Waals surface area contributed by atoms with E-state index < -0.39 is 0 Å². The standard InChI is InChI=1S/C11H18O/c1-8(2)10-5-4-9(3)11(6-10)7-12/h7,9,11H,4-6H2,1-3H3. The van der Waals surface area contributed by atoms with Crippen molar-refractivity contribution in [1.82, 2.24) is 0 Å². The van der Waals surface area contributed by atoms with Crippen LogP contribution in [0.5, 0.6) is 0 Å². The van der Waals surface area contributed by atoms with Crippen molar-refractivity contribution in [2.24, 2.45) is 11.8 Å². The number of carbonyl (C=O) groups excluding carboxylic acids is 1. The summed E-state index contributed by atoms with van der Waals surface area (Å²) in [5.41, 5.74) is 2.92. The molecule has 0 N–H and O–H groups in total. The van der Waals surface area contributed by atoms with Gasteiger partial charge in [0.25, 0.3) is 0 Å². The lowest BCUT2D eigenvalue weighted by Gasteiger charge is -2.27. The van der Waals surface area contributed by atoms with Crippen LogP contribution in [0.2, 0.25) is 0 Å². The molecule has 1 saturated carbocycles. The topological polar surface area (TPSA) is 17.1 Å². The minimum absolute atomic E-state index is 0.281. The first-order chi connectivity index (χ1) is 5.65. The molecular weight excluding hydrogens is 148 g/mol. The highest BCUT2D eigenvalue weighted by Gasteiger charge is 2.23. The van der Waals surface area contributed by atoms with Gasteiger partial charge in [-0.05, 0) is 39.0 Å². The molecule has 0 heterocycles. The van der Waals surface area contributed by atoms with E-state index >= 15 is 0 Å². The lowest BCUT2D eigenvalue weighted by Crippen LogP contribution is -2.19. The van der Waals surface area contributed by atoms with Crippen molar-refractivity contribution in [2.45, 2.75) is 40.0 Å². The van der Waals surface area contributed by atoms with Crippen molar-refractivity contribution in [3.63, 3.8) is 0 Å². The summed E-state index contributed by atoms with van der Waals surface area (Å²) in [7, 11) is 0. The molecule has 0 aromatic carbocycles. The van der Waals surface area contributed by atoms with E-state index in [-0.39, 0.29) is 5.92 Å². The van der Waals surface area contributed by atoms with Crippen LogP contribution in [-0.2, 0) is 4.79 Å². The summed E-state index contributed by atoms with van der Waals surface area (Å²) in [6.07, 6.45) is 4.53. The zero-order valence-electron chi connectivity index (χ0n) is 8.26. The summed E-state index contributed by atoms with van der Waals surface area (Å²) in [4.78, 5) is 10.7. The van der Waals surface area contributed by atoms with Gasteiger partial charge in [0.1, 0.15) is 6.29 Å². The van der Waals surface area contributed by atoms with Gasteiger partial charge in [0.15, 0.2) is 0 Å². The maximum Gasteiger partial charge on any atom is 0.123 e. The number of aldehydes is 1. The largest absolute Gasteiger partial charge is 0.303 e. The molecule has 1 fully saturated rings. The first-order valence-corrected chi connectivity index (χ1v) is 4.75. The van der Waals surface area contributed by atoms with Crippen LogP contribution in [-0.4, -0.2) is 6.29 Å². The summed E-state index contributed by atoms with van der Waals surface area (Å²) in [5.74, 6) is 0.870. The van der Waals surface area contributed by atoms with E-state index in [4.69, 9.17) is 0 Å². The summed E-state index contributed by atoms with van der Waals surface area (Å²) < 4.78 is 0. The van der Waals surface area contributed by atoms with Gasteiger partial charge in [0, 0.05) is 5.92 Å². The predicted molar refractivity (Wildman–Crippen MR) is 50.9 cm³/mol. The summed E-state index contributed by atoms with van der Waals surface area (Å²) in [6, 6.07) is 0. The monoisotopic (exact) mass is 166 g/mol. The van der Waals surface area contributed by atoms with E-state index in [9.17, 15) is 4.79 Å². The van der Waals surface area contributed by atoms with Gasteiger partial charge in [-0.25, -0.2) is 0 Å². The van der Waals surface area contributed by atoms with Crippen molar-refractivity contribution in [2.75, 3.05) is 0 Å². The molecular formula is C11H18O. The van der Waals surface area contributed by atoms with E-state index in [0.717, 1.165) is 12.7 Å². The second-order valence-corrected chi connectivity index (χ2v) is 4.12. The second-order valence-electron chi connectivity index (χ2n) is 4.12. The Labute approximate surface area is 74.9 Å². The van der Waals surface area contributed by atoms with E-state index in [1.165, 1.54) is 24.0 Å². The predicted octanol–water partition coefficient (Wildman–Crippen LogP) is 2.96. The average Bonchev–Trinajstić information content (AvgIpc) is 2.05. The molecule has 2 unspecified atom stereocenters. The summed E-state index contributed by atoms with van der Waals surface area (Å²) in [5, 5.41) is 0. The lowest BCUT2D eigenvalue weighted by atomic mass is 9.77. The molecule has 12 heavy (non-hydrogen) atoms. The van der Waals surface area contributed by atoms with Crippen LogP contribution in [0, 0.1) is 11.8 Å². The molecule has 1 aliphatic rings. The number of allylic oxidation sites excluding steroid dienone is 2. The Bertz CT molecular complexity index is 199. The van der Waals surface area contributed by atoms with E-state index in [1.807, 2.05) is 0 Å². The fourth-order valence-corrected chi connectivity index (χ4v) is 1.84. The number of carbonyl (C=O) groups is 1. The molecule has 1 nitrogen and oxygen atoms in total. The molecule has 0 aromatic rings. The Hall–Kier alpha value is -0.590. The van der Waals surface area contributed by atoms with Crippen LogP contribution in [0.3, 0.4) is 0 Å². The molecule has 2 atom stereocenters. The lowest BCUT2D eigenvalue weighted by molar-refractivity contribution is -0.112. The van der Waals surface area contributed by atoms with Crippen LogP contribution in [0.4, 0.5) is 0 Å². The van der Waals surface area contributed by atoms with Crippen molar-refractivity contribution in [3.05, 3.63) is 11.1 Å². The van der Waals surface area contributed by atoms with Crippen molar-refractivity contribution < 1.29 is 4.79 Å². The van der Waals surface area contributed by atoms with Gasteiger partial charge in [0.2, 0.25) is 0 Å². The molecule has 0 bridgehead atoms. The summed E-state index contributed by atoms with van der Waals surface area (Å²) >= 11 is 0. The quantitative estimate of drug-likeness (QED) is 0.432. The fourth-order valence-electron chi connectivity index (χ4n) is 1.84. The van der Waals surface area contributed by atoms with Crippen LogP contribution in [0.25, 0.3) is 0 Å². The number of rotatable bonds is 1. The highest BCUT2D eigenvalue weighted by atomic mass is 16.1. The normalized spacial score (nSPS) is 30.1. The molecule has 0 aromatic heterocycles. The molecule has 0 amide bonds.